The molecule has 5 fully saturated rings. The van der Waals surface area contributed by atoms with Gasteiger partial charge in [0, 0.05) is 24.7 Å². The summed E-state index contributed by atoms with van der Waals surface area (Å²) in [7, 11) is 0. The van der Waals surface area contributed by atoms with Crippen molar-refractivity contribution in [2.75, 3.05) is 0 Å². The summed E-state index contributed by atoms with van der Waals surface area (Å²) in [5.41, 5.74) is -1.56. The van der Waals surface area contributed by atoms with E-state index in [0.717, 1.165) is 44.9 Å². The molecular weight excluding hydrogens is 388 g/mol. The van der Waals surface area contributed by atoms with Crippen LogP contribution >= 0.6 is 0 Å². The van der Waals surface area contributed by atoms with Crippen molar-refractivity contribution < 1.29 is 19.4 Å². The molecule has 4 aliphatic carbocycles. The number of hydrogen-bond acceptors (Lipinski definition) is 4. The molecule has 5 rings (SSSR count). The van der Waals surface area contributed by atoms with Crippen LogP contribution in [0.5, 0.6) is 0 Å². The number of ether oxygens (including phenoxy) is 1. The molecule has 4 nitrogen and oxygen atoms in total. The lowest BCUT2D eigenvalue weighted by molar-refractivity contribution is -0.234. The van der Waals surface area contributed by atoms with Crippen LogP contribution in [0.2, 0.25) is 0 Å². The molecule has 31 heavy (non-hydrogen) atoms. The van der Waals surface area contributed by atoms with Crippen molar-refractivity contribution in [1.29, 1.82) is 0 Å². The predicted octanol–water partition coefficient (Wildman–Crippen LogP) is 5.45. The molecule has 4 heteroatoms. The minimum Gasteiger partial charge on any atom is -0.456 e. The van der Waals surface area contributed by atoms with Crippen LogP contribution in [0.1, 0.15) is 106 Å². The van der Waals surface area contributed by atoms with E-state index < -0.39 is 11.2 Å². The number of Topliss-reactive ketones (excluding diaryl/α,β-unsaturated/α-hetero) is 1. The molecule has 5 aliphatic rings. The number of esters is 1. The highest BCUT2D eigenvalue weighted by Crippen LogP contribution is 2.76. The summed E-state index contributed by atoms with van der Waals surface area (Å²) in [5, 5.41) is 12.1. The lowest BCUT2D eigenvalue weighted by atomic mass is 9.35. The van der Waals surface area contributed by atoms with E-state index >= 15 is 0 Å². The molecule has 0 aromatic carbocycles. The Balaban J connectivity index is 1.53. The third-order valence-electron chi connectivity index (χ3n) is 12.3. The molecule has 174 valence electrons. The van der Waals surface area contributed by atoms with Crippen molar-refractivity contribution in [3.8, 4) is 0 Å². The molecule has 0 amide bonds. The zero-order valence-electron chi connectivity index (χ0n) is 20.5. The Labute approximate surface area is 187 Å². The first-order valence-electron chi connectivity index (χ1n) is 12.7. The highest BCUT2D eigenvalue weighted by molar-refractivity contribution is 5.85. The van der Waals surface area contributed by atoms with E-state index in [0.29, 0.717) is 36.9 Å². The van der Waals surface area contributed by atoms with Gasteiger partial charge in [-0.2, -0.15) is 0 Å². The van der Waals surface area contributed by atoms with Gasteiger partial charge in [-0.15, -0.1) is 0 Å². The molecule has 8 unspecified atom stereocenters. The number of carbonyl (C=O) groups is 2. The Morgan fingerprint density at radius 1 is 0.742 bits per heavy atom. The predicted molar refractivity (Wildman–Crippen MR) is 119 cm³/mol. The van der Waals surface area contributed by atoms with E-state index in [2.05, 4.69) is 34.6 Å². The molecule has 0 aromatic rings. The van der Waals surface area contributed by atoms with Crippen LogP contribution in [0, 0.1) is 39.4 Å². The van der Waals surface area contributed by atoms with E-state index in [1.807, 2.05) is 6.92 Å². The second kappa shape index (κ2) is 6.15. The van der Waals surface area contributed by atoms with Gasteiger partial charge in [0.25, 0.3) is 0 Å². The zero-order chi connectivity index (χ0) is 22.7. The molecule has 0 radical (unpaired) electrons. The van der Waals surface area contributed by atoms with Gasteiger partial charge in [0.15, 0.2) is 0 Å². The Kier molecular flexibility index (Phi) is 4.35. The average molecular weight is 431 g/mol. The van der Waals surface area contributed by atoms with Crippen LogP contribution in [0.3, 0.4) is 0 Å². The van der Waals surface area contributed by atoms with Crippen LogP contribution in [0.25, 0.3) is 0 Å². The molecule has 0 bridgehead atoms. The summed E-state index contributed by atoms with van der Waals surface area (Å²) >= 11 is 0. The summed E-state index contributed by atoms with van der Waals surface area (Å²) in [5.74, 6) is 1.48. The van der Waals surface area contributed by atoms with Gasteiger partial charge in [0.05, 0.1) is 0 Å². The maximum atomic E-state index is 12.8. The maximum Gasteiger partial charge on any atom is 0.306 e. The quantitative estimate of drug-likeness (QED) is 0.562. The SMILES string of the molecule is CC1(C)C(=O)CCC2(C)C1CCC1(C)C2CCC2C1(C)CCC2(O)C1(C)CCC(=O)O1. The maximum absolute atomic E-state index is 12.8. The number of aliphatic hydroxyl groups is 1. The number of ketones is 1. The summed E-state index contributed by atoms with van der Waals surface area (Å²) in [6.07, 6.45) is 8.85. The highest BCUT2D eigenvalue weighted by atomic mass is 16.6. The van der Waals surface area contributed by atoms with Gasteiger partial charge in [-0.05, 0) is 85.9 Å². The molecule has 1 saturated heterocycles. The monoisotopic (exact) mass is 430 g/mol. The highest BCUT2D eigenvalue weighted by Gasteiger charge is 2.73. The van der Waals surface area contributed by atoms with Crippen molar-refractivity contribution in [3.63, 3.8) is 0 Å². The van der Waals surface area contributed by atoms with Gasteiger partial charge in [0.1, 0.15) is 17.0 Å². The molecule has 8 atom stereocenters. The molecule has 0 aromatic heterocycles. The van der Waals surface area contributed by atoms with Gasteiger partial charge < -0.3 is 9.84 Å². The Morgan fingerprint density at radius 2 is 1.39 bits per heavy atom. The van der Waals surface area contributed by atoms with E-state index in [9.17, 15) is 14.7 Å². The minimum absolute atomic E-state index is 0.0300. The number of carbonyl (C=O) groups excluding carboxylic acids is 2. The van der Waals surface area contributed by atoms with Crippen LogP contribution in [-0.2, 0) is 14.3 Å². The van der Waals surface area contributed by atoms with Crippen molar-refractivity contribution in [2.24, 2.45) is 39.4 Å². The molecule has 1 N–H and O–H groups in total. The lowest BCUT2D eigenvalue weighted by Gasteiger charge is -2.69. The topological polar surface area (TPSA) is 63.6 Å². The average Bonchev–Trinajstić information content (AvgIpc) is 3.18. The summed E-state index contributed by atoms with van der Waals surface area (Å²) in [6, 6.07) is 0. The molecule has 4 saturated carbocycles. The third kappa shape index (κ3) is 2.41. The third-order valence-corrected chi connectivity index (χ3v) is 12.3. The molecular formula is C27H42O4. The first-order chi connectivity index (χ1) is 14.2. The summed E-state index contributed by atoms with van der Waals surface area (Å²) < 4.78 is 5.82. The van der Waals surface area contributed by atoms with Crippen LogP contribution in [0.4, 0.5) is 0 Å². The molecule has 1 aliphatic heterocycles. The van der Waals surface area contributed by atoms with E-state index in [-0.39, 0.29) is 33.5 Å². The fourth-order valence-corrected chi connectivity index (χ4v) is 10.2. The fourth-order valence-electron chi connectivity index (χ4n) is 10.2. The van der Waals surface area contributed by atoms with E-state index in [1.54, 1.807) is 0 Å². The molecule has 1 heterocycles. The van der Waals surface area contributed by atoms with Crippen LogP contribution in [-0.4, -0.2) is 28.1 Å². The van der Waals surface area contributed by atoms with Crippen molar-refractivity contribution >= 4 is 11.8 Å². The van der Waals surface area contributed by atoms with Crippen molar-refractivity contribution in [1.82, 2.24) is 0 Å². The Hall–Kier alpha value is -0.900. The zero-order valence-corrected chi connectivity index (χ0v) is 20.5. The van der Waals surface area contributed by atoms with E-state index in [4.69, 9.17) is 4.74 Å². The fraction of sp³-hybridized carbons (Fsp3) is 0.926. The largest absolute Gasteiger partial charge is 0.456 e. The van der Waals surface area contributed by atoms with Gasteiger partial charge in [-0.25, -0.2) is 0 Å². The standard InChI is InChI=1S/C27H42O4/c1-22(2)17-9-13-24(4)18(23(17,3)12-10-20(22)28)7-8-19-25(24,5)15-16-27(19,30)26(6)14-11-21(29)31-26/h17-19,30H,7-16H2,1-6H3. The summed E-state index contributed by atoms with van der Waals surface area (Å²) in [6.45, 7) is 13.8. The Bertz CT molecular complexity index is 833. The van der Waals surface area contributed by atoms with E-state index in [1.165, 1.54) is 0 Å². The first-order valence-corrected chi connectivity index (χ1v) is 12.7. The number of rotatable bonds is 1. The molecule has 0 spiro atoms. The number of fused-ring (bicyclic) bond motifs is 5. The summed E-state index contributed by atoms with van der Waals surface area (Å²) in [4.78, 5) is 24.8. The normalized spacial score (nSPS) is 55.9. The minimum atomic E-state index is -0.929. The smallest absolute Gasteiger partial charge is 0.306 e. The number of hydrogen-bond donors (Lipinski definition) is 1. The lowest BCUT2D eigenvalue weighted by Crippen LogP contribution is -2.66. The van der Waals surface area contributed by atoms with Gasteiger partial charge in [-0.1, -0.05) is 34.6 Å². The van der Waals surface area contributed by atoms with Crippen molar-refractivity contribution in [2.45, 2.75) is 117 Å². The van der Waals surface area contributed by atoms with Gasteiger partial charge in [0.2, 0.25) is 0 Å². The van der Waals surface area contributed by atoms with Crippen LogP contribution in [0.15, 0.2) is 0 Å². The Morgan fingerprint density at radius 3 is 2.03 bits per heavy atom. The number of cyclic esters (lactones) is 1. The van der Waals surface area contributed by atoms with Crippen molar-refractivity contribution in [3.05, 3.63) is 0 Å². The van der Waals surface area contributed by atoms with Gasteiger partial charge in [-0.3, -0.25) is 9.59 Å². The second-order valence-electron chi connectivity index (χ2n) is 13.4. The van der Waals surface area contributed by atoms with Crippen LogP contribution < -0.4 is 0 Å². The van der Waals surface area contributed by atoms with Gasteiger partial charge >= 0.3 is 5.97 Å². The second-order valence-corrected chi connectivity index (χ2v) is 13.4. The first kappa shape index (κ1) is 21.9.